The molecule has 0 aliphatic carbocycles. The van der Waals surface area contributed by atoms with Crippen LogP contribution in [0.25, 0.3) is 0 Å². The number of thiophene rings is 1. The second kappa shape index (κ2) is 4.24. The summed E-state index contributed by atoms with van der Waals surface area (Å²) in [5.41, 5.74) is 13.4. The summed E-state index contributed by atoms with van der Waals surface area (Å²) in [6.45, 7) is 0. The number of rotatable bonds is 3. The van der Waals surface area contributed by atoms with Gasteiger partial charge in [0.15, 0.2) is 0 Å². The van der Waals surface area contributed by atoms with Crippen molar-refractivity contribution in [3.63, 3.8) is 0 Å². The van der Waals surface area contributed by atoms with Crippen LogP contribution in [0.4, 0.5) is 17.1 Å². The van der Waals surface area contributed by atoms with Gasteiger partial charge in [-0.1, -0.05) is 0 Å². The molecule has 2 rings (SSSR count). The van der Waals surface area contributed by atoms with Crippen molar-refractivity contribution in [2.75, 3.05) is 11.1 Å². The Labute approximate surface area is 96.9 Å². The van der Waals surface area contributed by atoms with Crippen molar-refractivity contribution in [1.82, 2.24) is 0 Å². The lowest BCUT2D eigenvalue weighted by Crippen LogP contribution is -2.13. The SMILES string of the molecule is NC(=O)c1cc(N)ccc1Nc1ccsc1. The Balaban J connectivity index is 2.36. The molecule has 0 radical (unpaired) electrons. The molecule has 1 heterocycles. The summed E-state index contributed by atoms with van der Waals surface area (Å²) < 4.78 is 0. The zero-order chi connectivity index (χ0) is 11.5. The van der Waals surface area contributed by atoms with Gasteiger partial charge >= 0.3 is 0 Å². The lowest BCUT2D eigenvalue weighted by atomic mass is 10.1. The zero-order valence-corrected chi connectivity index (χ0v) is 9.25. The molecule has 0 aliphatic rings. The Kier molecular flexibility index (Phi) is 2.78. The number of benzene rings is 1. The molecule has 0 spiro atoms. The summed E-state index contributed by atoms with van der Waals surface area (Å²) >= 11 is 1.57. The van der Waals surface area contributed by atoms with Gasteiger partial charge in [-0.25, -0.2) is 0 Å². The molecule has 0 bridgehead atoms. The van der Waals surface area contributed by atoms with Gasteiger partial charge in [0.2, 0.25) is 0 Å². The fourth-order valence-corrected chi connectivity index (χ4v) is 1.95. The van der Waals surface area contributed by atoms with E-state index in [0.717, 1.165) is 5.69 Å². The monoisotopic (exact) mass is 233 g/mol. The predicted molar refractivity (Wildman–Crippen MR) is 67.0 cm³/mol. The number of nitrogens with one attached hydrogen (secondary N) is 1. The van der Waals surface area contributed by atoms with Crippen molar-refractivity contribution in [1.29, 1.82) is 0 Å². The third-order valence-electron chi connectivity index (χ3n) is 2.11. The zero-order valence-electron chi connectivity index (χ0n) is 8.44. The highest BCUT2D eigenvalue weighted by Gasteiger charge is 2.08. The number of hydrogen-bond donors (Lipinski definition) is 3. The minimum absolute atomic E-state index is 0.395. The second-order valence-corrected chi connectivity index (χ2v) is 4.09. The average Bonchev–Trinajstić information content (AvgIpc) is 2.73. The smallest absolute Gasteiger partial charge is 0.250 e. The van der Waals surface area contributed by atoms with E-state index in [-0.39, 0.29) is 0 Å². The van der Waals surface area contributed by atoms with Crippen LogP contribution in [-0.2, 0) is 0 Å². The standard InChI is InChI=1S/C11H11N3OS/c12-7-1-2-10(9(5-7)11(13)15)14-8-3-4-16-6-8/h1-6,14H,12H2,(H2,13,15). The minimum atomic E-state index is -0.495. The van der Waals surface area contributed by atoms with Crippen molar-refractivity contribution in [3.05, 3.63) is 40.6 Å². The van der Waals surface area contributed by atoms with Crippen LogP contribution < -0.4 is 16.8 Å². The highest BCUT2D eigenvalue weighted by molar-refractivity contribution is 7.08. The van der Waals surface area contributed by atoms with Crippen LogP contribution in [0.2, 0.25) is 0 Å². The van der Waals surface area contributed by atoms with Crippen molar-refractivity contribution >= 4 is 34.3 Å². The number of anilines is 3. The maximum Gasteiger partial charge on any atom is 0.250 e. The first-order valence-corrected chi connectivity index (χ1v) is 5.59. The average molecular weight is 233 g/mol. The molecular weight excluding hydrogens is 222 g/mol. The van der Waals surface area contributed by atoms with Crippen LogP contribution in [-0.4, -0.2) is 5.91 Å². The molecule has 4 nitrogen and oxygen atoms in total. The number of nitrogens with two attached hydrogens (primary N) is 2. The lowest BCUT2D eigenvalue weighted by molar-refractivity contribution is 0.100. The molecule has 1 amide bonds. The summed E-state index contributed by atoms with van der Waals surface area (Å²) in [5.74, 6) is -0.495. The molecule has 0 unspecified atom stereocenters. The first-order chi connectivity index (χ1) is 7.66. The second-order valence-electron chi connectivity index (χ2n) is 3.31. The van der Waals surface area contributed by atoms with E-state index in [1.165, 1.54) is 0 Å². The molecule has 5 heteroatoms. The Morgan fingerprint density at radius 1 is 1.31 bits per heavy atom. The highest BCUT2D eigenvalue weighted by atomic mass is 32.1. The van der Waals surface area contributed by atoms with Gasteiger partial charge < -0.3 is 16.8 Å². The topological polar surface area (TPSA) is 81.1 Å². The molecule has 0 fully saturated rings. The number of amides is 1. The van der Waals surface area contributed by atoms with Crippen LogP contribution in [0, 0.1) is 0 Å². The number of nitrogen functional groups attached to an aromatic ring is 1. The molecule has 0 saturated heterocycles. The molecule has 0 saturated carbocycles. The van der Waals surface area contributed by atoms with Gasteiger partial charge in [0.1, 0.15) is 0 Å². The van der Waals surface area contributed by atoms with E-state index in [1.54, 1.807) is 29.5 Å². The van der Waals surface area contributed by atoms with Gasteiger partial charge in [-0.2, -0.15) is 11.3 Å². The van der Waals surface area contributed by atoms with Gasteiger partial charge in [0, 0.05) is 16.8 Å². The quantitative estimate of drug-likeness (QED) is 0.711. The maximum absolute atomic E-state index is 11.2. The van der Waals surface area contributed by atoms with Gasteiger partial charge in [0.25, 0.3) is 5.91 Å². The maximum atomic E-state index is 11.2. The lowest BCUT2D eigenvalue weighted by Gasteiger charge is -2.09. The van der Waals surface area contributed by atoms with E-state index in [9.17, 15) is 4.79 Å². The van der Waals surface area contributed by atoms with E-state index >= 15 is 0 Å². The van der Waals surface area contributed by atoms with Gasteiger partial charge in [-0.15, -0.1) is 0 Å². The number of primary amides is 1. The Hall–Kier alpha value is -2.01. The Morgan fingerprint density at radius 3 is 2.75 bits per heavy atom. The number of carbonyl (C=O) groups excluding carboxylic acids is 1. The van der Waals surface area contributed by atoms with Crippen LogP contribution >= 0.6 is 11.3 Å². The summed E-state index contributed by atoms with van der Waals surface area (Å²) in [5, 5.41) is 7.01. The largest absolute Gasteiger partial charge is 0.399 e. The van der Waals surface area contributed by atoms with Crippen LogP contribution in [0.15, 0.2) is 35.0 Å². The van der Waals surface area contributed by atoms with E-state index in [0.29, 0.717) is 16.9 Å². The summed E-state index contributed by atoms with van der Waals surface area (Å²) in [7, 11) is 0. The van der Waals surface area contributed by atoms with E-state index in [2.05, 4.69) is 5.32 Å². The fraction of sp³-hybridized carbons (Fsp3) is 0. The Morgan fingerprint density at radius 2 is 2.12 bits per heavy atom. The first kappa shape index (κ1) is 10.5. The molecule has 1 aromatic carbocycles. The highest BCUT2D eigenvalue weighted by Crippen LogP contribution is 2.24. The van der Waals surface area contributed by atoms with E-state index in [1.807, 2.05) is 16.8 Å². The normalized spacial score (nSPS) is 10.0. The van der Waals surface area contributed by atoms with Crippen molar-refractivity contribution in [3.8, 4) is 0 Å². The predicted octanol–water partition coefficient (Wildman–Crippen LogP) is 2.17. The molecule has 1 aromatic heterocycles. The third-order valence-corrected chi connectivity index (χ3v) is 2.79. The molecule has 5 N–H and O–H groups in total. The molecular formula is C11H11N3OS. The molecule has 0 atom stereocenters. The fourth-order valence-electron chi connectivity index (χ4n) is 1.37. The molecule has 82 valence electrons. The molecule has 0 aliphatic heterocycles. The van der Waals surface area contributed by atoms with Crippen LogP contribution in [0.5, 0.6) is 0 Å². The minimum Gasteiger partial charge on any atom is -0.399 e. The summed E-state index contributed by atoms with van der Waals surface area (Å²) in [6, 6.07) is 6.96. The van der Waals surface area contributed by atoms with E-state index < -0.39 is 5.91 Å². The summed E-state index contributed by atoms with van der Waals surface area (Å²) in [6.07, 6.45) is 0. The van der Waals surface area contributed by atoms with Gasteiger partial charge in [-0.05, 0) is 29.6 Å². The van der Waals surface area contributed by atoms with Crippen LogP contribution in [0.1, 0.15) is 10.4 Å². The van der Waals surface area contributed by atoms with Gasteiger partial charge in [-0.3, -0.25) is 4.79 Å². The summed E-state index contributed by atoms with van der Waals surface area (Å²) in [4.78, 5) is 11.2. The van der Waals surface area contributed by atoms with Crippen molar-refractivity contribution < 1.29 is 4.79 Å². The molecule has 2 aromatic rings. The van der Waals surface area contributed by atoms with E-state index in [4.69, 9.17) is 11.5 Å². The van der Waals surface area contributed by atoms with Crippen molar-refractivity contribution in [2.45, 2.75) is 0 Å². The van der Waals surface area contributed by atoms with Crippen molar-refractivity contribution in [2.24, 2.45) is 5.73 Å². The van der Waals surface area contributed by atoms with Crippen LogP contribution in [0.3, 0.4) is 0 Å². The molecule has 16 heavy (non-hydrogen) atoms. The number of carbonyl (C=O) groups is 1. The third kappa shape index (κ3) is 2.14. The Bertz CT molecular complexity index is 508. The first-order valence-electron chi connectivity index (χ1n) is 4.65. The number of hydrogen-bond acceptors (Lipinski definition) is 4. The van der Waals surface area contributed by atoms with Gasteiger partial charge in [0.05, 0.1) is 11.3 Å².